The van der Waals surface area contributed by atoms with Gasteiger partial charge in [-0.05, 0) is 18.6 Å². The smallest absolute Gasteiger partial charge is 0.258 e. The molecule has 0 saturated carbocycles. The van der Waals surface area contributed by atoms with Crippen molar-refractivity contribution in [1.82, 2.24) is 0 Å². The molecule has 0 bridgehead atoms. The monoisotopic (exact) mass is 230 g/mol. The minimum atomic E-state index is -3.60. The molecule has 7 heteroatoms. The molecule has 0 amide bonds. The van der Waals surface area contributed by atoms with E-state index >= 15 is 0 Å². The maximum atomic E-state index is 10.8. The Morgan fingerprint density at radius 1 is 1.47 bits per heavy atom. The molecular weight excluding hydrogens is 220 g/mol. The molecule has 2 N–H and O–H groups in total. The van der Waals surface area contributed by atoms with E-state index in [2.05, 4.69) is 0 Å². The van der Waals surface area contributed by atoms with Crippen LogP contribution >= 0.6 is 0 Å². The Labute approximate surface area is 86.9 Å². The number of hydrogen-bond donors (Lipinski definition) is 1. The summed E-state index contributed by atoms with van der Waals surface area (Å²) in [4.78, 5) is 9.96. The second kappa shape index (κ2) is 3.95. The average molecular weight is 230 g/mol. The van der Waals surface area contributed by atoms with Crippen LogP contribution in [0.3, 0.4) is 0 Å². The van der Waals surface area contributed by atoms with Gasteiger partial charge in [0.1, 0.15) is 0 Å². The van der Waals surface area contributed by atoms with E-state index in [1.807, 2.05) is 0 Å². The van der Waals surface area contributed by atoms with E-state index in [0.29, 0.717) is 11.1 Å². The minimum absolute atomic E-state index is 0.0341. The predicted octanol–water partition coefficient (Wildman–Crippen LogP) is 0.692. The zero-order valence-electron chi connectivity index (χ0n) is 8.00. The molecule has 0 unspecified atom stereocenters. The van der Waals surface area contributed by atoms with Gasteiger partial charge in [0.05, 0.1) is 10.7 Å². The fraction of sp³-hybridized carbons (Fsp3) is 0.250. The summed E-state index contributed by atoms with van der Waals surface area (Å²) in [5.74, 6) is -0.314. The molecule has 82 valence electrons. The maximum absolute atomic E-state index is 10.8. The second-order valence-electron chi connectivity index (χ2n) is 3.19. The van der Waals surface area contributed by atoms with Gasteiger partial charge in [0, 0.05) is 11.6 Å². The third-order valence-electron chi connectivity index (χ3n) is 1.83. The molecule has 0 spiro atoms. The highest BCUT2D eigenvalue weighted by Crippen LogP contribution is 2.19. The van der Waals surface area contributed by atoms with Crippen molar-refractivity contribution in [2.45, 2.75) is 12.7 Å². The highest BCUT2D eigenvalue weighted by Gasteiger charge is 2.12. The van der Waals surface area contributed by atoms with Crippen molar-refractivity contribution in [3.63, 3.8) is 0 Å². The van der Waals surface area contributed by atoms with Gasteiger partial charge >= 0.3 is 0 Å². The molecule has 0 aliphatic rings. The molecule has 0 atom stereocenters. The number of benzene rings is 1. The van der Waals surface area contributed by atoms with Crippen LogP contribution in [-0.4, -0.2) is 13.3 Å². The lowest BCUT2D eigenvalue weighted by molar-refractivity contribution is -0.385. The standard InChI is InChI=1S/C8H10N2O4S/c1-6-4-7(5-15(9,13)14)2-3-8(6)10(11)12/h2-4H,5H2,1H3,(H2,9,13,14). The lowest BCUT2D eigenvalue weighted by Gasteiger charge is -2.01. The van der Waals surface area contributed by atoms with Gasteiger partial charge in [0.15, 0.2) is 0 Å². The highest BCUT2D eigenvalue weighted by molar-refractivity contribution is 7.88. The first-order valence-electron chi connectivity index (χ1n) is 4.04. The highest BCUT2D eigenvalue weighted by atomic mass is 32.2. The summed E-state index contributed by atoms with van der Waals surface area (Å²) in [5.41, 5.74) is 0.829. The molecule has 0 fully saturated rings. The first kappa shape index (κ1) is 11.6. The molecule has 1 aromatic rings. The molecule has 0 heterocycles. The number of nitro groups is 1. The summed E-state index contributed by atoms with van der Waals surface area (Å²) < 4.78 is 21.5. The van der Waals surface area contributed by atoms with Crippen molar-refractivity contribution in [1.29, 1.82) is 0 Å². The first-order chi connectivity index (χ1) is 6.79. The summed E-state index contributed by atoms with van der Waals surface area (Å²) >= 11 is 0. The van der Waals surface area contributed by atoms with E-state index < -0.39 is 14.9 Å². The third kappa shape index (κ3) is 3.30. The number of nitro benzene ring substituents is 1. The van der Waals surface area contributed by atoms with E-state index in [0.717, 1.165) is 0 Å². The van der Waals surface area contributed by atoms with Crippen LogP contribution < -0.4 is 5.14 Å². The number of rotatable bonds is 3. The van der Waals surface area contributed by atoms with Crippen molar-refractivity contribution >= 4 is 15.7 Å². The van der Waals surface area contributed by atoms with Crippen LogP contribution in [0, 0.1) is 17.0 Å². The van der Waals surface area contributed by atoms with Gasteiger partial charge in [-0.3, -0.25) is 10.1 Å². The normalized spacial score (nSPS) is 11.3. The molecular formula is C8H10N2O4S. The molecule has 0 radical (unpaired) electrons. The van der Waals surface area contributed by atoms with Crippen molar-refractivity contribution in [2.24, 2.45) is 5.14 Å². The van der Waals surface area contributed by atoms with Gasteiger partial charge in [-0.25, -0.2) is 13.6 Å². The fourth-order valence-corrected chi connectivity index (χ4v) is 1.89. The van der Waals surface area contributed by atoms with Crippen molar-refractivity contribution in [3.05, 3.63) is 39.4 Å². The van der Waals surface area contributed by atoms with Crippen molar-refractivity contribution < 1.29 is 13.3 Å². The minimum Gasteiger partial charge on any atom is -0.258 e. The summed E-state index contributed by atoms with van der Waals surface area (Å²) in [5, 5.41) is 15.3. The van der Waals surface area contributed by atoms with Crippen LogP contribution in [-0.2, 0) is 15.8 Å². The third-order valence-corrected chi connectivity index (χ3v) is 2.56. The number of nitrogens with two attached hydrogens (primary N) is 1. The molecule has 0 aromatic heterocycles. The Morgan fingerprint density at radius 3 is 2.47 bits per heavy atom. The number of sulfonamides is 1. The van der Waals surface area contributed by atoms with Crippen LogP contribution in [0.5, 0.6) is 0 Å². The Balaban J connectivity index is 3.07. The zero-order chi connectivity index (χ0) is 11.6. The Bertz CT molecular complexity index is 495. The molecule has 15 heavy (non-hydrogen) atoms. The second-order valence-corrected chi connectivity index (χ2v) is 4.80. The molecule has 1 aromatic carbocycles. The van der Waals surface area contributed by atoms with Crippen LogP contribution in [0.4, 0.5) is 5.69 Å². The van der Waals surface area contributed by atoms with Crippen molar-refractivity contribution in [3.8, 4) is 0 Å². The fourth-order valence-electron chi connectivity index (χ4n) is 1.24. The summed E-state index contributed by atoms with van der Waals surface area (Å²) in [6, 6.07) is 4.11. The van der Waals surface area contributed by atoms with Gasteiger partial charge in [-0.15, -0.1) is 0 Å². The van der Waals surface area contributed by atoms with Crippen molar-refractivity contribution in [2.75, 3.05) is 0 Å². The summed E-state index contributed by atoms with van der Waals surface area (Å²) in [7, 11) is -3.60. The van der Waals surface area contributed by atoms with Gasteiger partial charge in [-0.1, -0.05) is 6.07 Å². The first-order valence-corrected chi connectivity index (χ1v) is 5.75. The molecule has 0 saturated heterocycles. The molecule has 0 aliphatic heterocycles. The van der Waals surface area contributed by atoms with E-state index in [9.17, 15) is 18.5 Å². The molecule has 0 aliphatic carbocycles. The van der Waals surface area contributed by atoms with E-state index in [4.69, 9.17) is 5.14 Å². The number of aryl methyl sites for hydroxylation is 1. The predicted molar refractivity (Wildman–Crippen MR) is 54.6 cm³/mol. The Kier molecular flexibility index (Phi) is 3.06. The van der Waals surface area contributed by atoms with Gasteiger partial charge in [-0.2, -0.15) is 0 Å². The molecule has 6 nitrogen and oxygen atoms in total. The quantitative estimate of drug-likeness (QED) is 0.609. The lowest BCUT2D eigenvalue weighted by atomic mass is 10.1. The zero-order valence-corrected chi connectivity index (χ0v) is 8.82. The van der Waals surface area contributed by atoms with E-state index in [1.165, 1.54) is 18.2 Å². The summed E-state index contributed by atoms with van der Waals surface area (Å²) in [6.07, 6.45) is 0. The summed E-state index contributed by atoms with van der Waals surface area (Å²) in [6.45, 7) is 1.55. The van der Waals surface area contributed by atoms with Crippen LogP contribution in [0.1, 0.15) is 11.1 Å². The Hall–Kier alpha value is -1.47. The number of nitrogens with zero attached hydrogens (tertiary/aromatic N) is 1. The van der Waals surface area contributed by atoms with Crippen LogP contribution in [0.2, 0.25) is 0 Å². The van der Waals surface area contributed by atoms with Crippen LogP contribution in [0.15, 0.2) is 18.2 Å². The number of primary sulfonamides is 1. The SMILES string of the molecule is Cc1cc(CS(N)(=O)=O)ccc1[N+](=O)[O-]. The molecule has 1 rings (SSSR count). The van der Waals surface area contributed by atoms with Gasteiger partial charge in [0.2, 0.25) is 10.0 Å². The number of hydrogen-bond acceptors (Lipinski definition) is 4. The van der Waals surface area contributed by atoms with Gasteiger partial charge in [0.25, 0.3) is 5.69 Å². The topological polar surface area (TPSA) is 103 Å². The average Bonchev–Trinajstić information content (AvgIpc) is 1.99. The van der Waals surface area contributed by atoms with Gasteiger partial charge < -0.3 is 0 Å². The lowest BCUT2D eigenvalue weighted by Crippen LogP contribution is -2.14. The van der Waals surface area contributed by atoms with E-state index in [-0.39, 0.29) is 11.4 Å². The largest absolute Gasteiger partial charge is 0.272 e. The van der Waals surface area contributed by atoms with E-state index in [1.54, 1.807) is 6.92 Å². The van der Waals surface area contributed by atoms with Crippen LogP contribution in [0.25, 0.3) is 0 Å². The Morgan fingerprint density at radius 2 is 2.07 bits per heavy atom. The maximum Gasteiger partial charge on any atom is 0.272 e.